The lowest BCUT2D eigenvalue weighted by Crippen LogP contribution is -3.14. The predicted molar refractivity (Wildman–Crippen MR) is 72.5 cm³/mol. The van der Waals surface area contributed by atoms with E-state index in [2.05, 4.69) is 5.32 Å². The van der Waals surface area contributed by atoms with Crippen molar-refractivity contribution in [2.45, 2.75) is 50.6 Å². The van der Waals surface area contributed by atoms with Crippen LogP contribution in [0.2, 0.25) is 0 Å². The van der Waals surface area contributed by atoms with Crippen LogP contribution in [0.1, 0.15) is 38.5 Å². The van der Waals surface area contributed by atoms with Crippen molar-refractivity contribution in [3.8, 4) is 0 Å². The Morgan fingerprint density at radius 2 is 2.00 bits per heavy atom. The summed E-state index contributed by atoms with van der Waals surface area (Å²) in [4.78, 5) is 17.2. The standard InChI is InChI=1S/C14H23N3O2/c18-14(19)10-5-7-17(8-6-10)9-13-15-11-3-1-2-4-12(11)16-13/h10-12H,1-9H2,(H,15,16)(H,18,19)/p+1. The largest absolute Gasteiger partial charge is 0.481 e. The number of nitrogens with zero attached hydrogens (tertiary/aromatic N) is 1. The van der Waals surface area contributed by atoms with Gasteiger partial charge in [0.1, 0.15) is 6.54 Å². The molecule has 106 valence electrons. The number of carbonyl (C=O) groups is 1. The van der Waals surface area contributed by atoms with Crippen molar-refractivity contribution >= 4 is 11.8 Å². The molecule has 1 aliphatic carbocycles. The van der Waals surface area contributed by atoms with Gasteiger partial charge in [-0.25, -0.2) is 0 Å². The third-order valence-corrected chi connectivity index (χ3v) is 4.86. The maximum atomic E-state index is 10.9. The number of hydrogen-bond donors (Lipinski definition) is 3. The minimum Gasteiger partial charge on any atom is -0.481 e. The van der Waals surface area contributed by atoms with Crippen LogP contribution in [0, 0.1) is 5.92 Å². The van der Waals surface area contributed by atoms with Gasteiger partial charge in [-0.15, -0.1) is 0 Å². The molecule has 1 saturated carbocycles. The van der Waals surface area contributed by atoms with Gasteiger partial charge in [0.25, 0.3) is 0 Å². The Hall–Kier alpha value is -1.10. The molecule has 0 aromatic heterocycles. The lowest BCUT2D eigenvalue weighted by atomic mass is 9.92. The van der Waals surface area contributed by atoms with Crippen LogP contribution in [0.3, 0.4) is 0 Å². The number of piperidine rings is 1. The predicted octanol–water partition coefficient (Wildman–Crippen LogP) is -0.321. The van der Waals surface area contributed by atoms with E-state index in [9.17, 15) is 4.79 Å². The highest BCUT2D eigenvalue weighted by Gasteiger charge is 2.33. The van der Waals surface area contributed by atoms with E-state index in [1.165, 1.54) is 36.4 Å². The highest BCUT2D eigenvalue weighted by atomic mass is 16.4. The maximum Gasteiger partial charge on any atom is 0.306 e. The molecule has 5 heteroatoms. The highest BCUT2D eigenvalue weighted by molar-refractivity contribution is 5.85. The third-order valence-electron chi connectivity index (χ3n) is 4.86. The fourth-order valence-corrected chi connectivity index (χ4v) is 3.67. The molecule has 3 aliphatic rings. The topological polar surface area (TPSA) is 66.1 Å². The second-order valence-electron chi connectivity index (χ2n) is 6.22. The van der Waals surface area contributed by atoms with E-state index in [1.807, 2.05) is 0 Å². The van der Waals surface area contributed by atoms with Crippen LogP contribution in [0.15, 0.2) is 4.99 Å². The van der Waals surface area contributed by atoms with Gasteiger partial charge < -0.3 is 15.3 Å². The summed E-state index contributed by atoms with van der Waals surface area (Å²) in [6.45, 7) is 2.89. The molecule has 0 aromatic carbocycles. The van der Waals surface area contributed by atoms with Crippen LogP contribution in [0.4, 0.5) is 0 Å². The van der Waals surface area contributed by atoms with Crippen LogP contribution >= 0.6 is 0 Å². The quantitative estimate of drug-likeness (QED) is 0.656. The van der Waals surface area contributed by atoms with Crippen LogP contribution in [0.5, 0.6) is 0 Å². The molecule has 3 N–H and O–H groups in total. The number of quaternary nitrogens is 1. The number of amidine groups is 1. The minimum atomic E-state index is -0.624. The number of carboxylic acid groups (broad SMARTS) is 1. The summed E-state index contributed by atoms with van der Waals surface area (Å²) in [5.74, 6) is 0.423. The van der Waals surface area contributed by atoms with Crippen LogP contribution in [0.25, 0.3) is 0 Å². The molecule has 1 saturated heterocycles. The lowest BCUT2D eigenvalue weighted by Gasteiger charge is -2.27. The number of likely N-dealkylation sites (tertiary alicyclic amines) is 1. The minimum absolute atomic E-state index is 0.121. The van der Waals surface area contributed by atoms with Crippen molar-refractivity contribution < 1.29 is 14.8 Å². The van der Waals surface area contributed by atoms with Gasteiger partial charge in [0.2, 0.25) is 0 Å². The van der Waals surface area contributed by atoms with Crippen molar-refractivity contribution in [2.24, 2.45) is 10.9 Å². The second-order valence-corrected chi connectivity index (χ2v) is 6.22. The lowest BCUT2D eigenvalue weighted by molar-refractivity contribution is -0.896. The number of aliphatic imine (C=N–C) groups is 1. The Labute approximate surface area is 114 Å². The summed E-state index contributed by atoms with van der Waals surface area (Å²) in [6, 6.07) is 1.10. The number of rotatable bonds is 3. The molecule has 19 heavy (non-hydrogen) atoms. The van der Waals surface area contributed by atoms with Crippen LogP contribution in [-0.2, 0) is 4.79 Å². The molecule has 2 fully saturated rings. The summed E-state index contributed by atoms with van der Waals surface area (Å²) >= 11 is 0. The molecule has 0 bridgehead atoms. The second kappa shape index (κ2) is 5.49. The van der Waals surface area contributed by atoms with Gasteiger partial charge in [-0.2, -0.15) is 0 Å². The van der Waals surface area contributed by atoms with Gasteiger partial charge >= 0.3 is 5.97 Å². The van der Waals surface area contributed by atoms with E-state index in [0.717, 1.165) is 32.5 Å². The fraction of sp³-hybridized carbons (Fsp3) is 0.857. The molecule has 0 radical (unpaired) electrons. The zero-order valence-electron chi connectivity index (χ0n) is 11.4. The molecule has 2 unspecified atom stereocenters. The van der Waals surface area contributed by atoms with Crippen molar-refractivity contribution in [1.29, 1.82) is 0 Å². The van der Waals surface area contributed by atoms with E-state index in [-0.39, 0.29) is 5.92 Å². The molecular weight excluding hydrogens is 242 g/mol. The van der Waals surface area contributed by atoms with E-state index in [4.69, 9.17) is 10.1 Å². The first-order chi connectivity index (χ1) is 9.22. The zero-order chi connectivity index (χ0) is 13.2. The smallest absolute Gasteiger partial charge is 0.306 e. The maximum absolute atomic E-state index is 10.9. The number of fused-ring (bicyclic) bond motifs is 1. The Kier molecular flexibility index (Phi) is 3.73. The summed E-state index contributed by atoms with van der Waals surface area (Å²) in [6.07, 6.45) is 6.76. The monoisotopic (exact) mass is 266 g/mol. The zero-order valence-corrected chi connectivity index (χ0v) is 11.4. The summed E-state index contributed by atoms with van der Waals surface area (Å²) in [5, 5.41) is 12.6. The van der Waals surface area contributed by atoms with E-state index in [1.54, 1.807) is 0 Å². The van der Waals surface area contributed by atoms with Crippen molar-refractivity contribution in [3.63, 3.8) is 0 Å². The van der Waals surface area contributed by atoms with E-state index < -0.39 is 5.97 Å². The summed E-state index contributed by atoms with van der Waals surface area (Å²) < 4.78 is 0. The Bertz CT molecular complexity index is 375. The Balaban J connectivity index is 1.49. The average Bonchev–Trinajstić information content (AvgIpc) is 2.81. The molecule has 2 heterocycles. The van der Waals surface area contributed by atoms with Crippen molar-refractivity contribution in [3.05, 3.63) is 0 Å². The fourth-order valence-electron chi connectivity index (χ4n) is 3.67. The van der Waals surface area contributed by atoms with Gasteiger partial charge in [0, 0.05) is 18.9 Å². The molecule has 0 spiro atoms. The number of aliphatic carboxylic acids is 1. The van der Waals surface area contributed by atoms with Gasteiger partial charge in [-0.1, -0.05) is 12.8 Å². The summed E-state index contributed by atoms with van der Waals surface area (Å²) in [7, 11) is 0. The van der Waals surface area contributed by atoms with Crippen LogP contribution in [-0.4, -0.2) is 48.6 Å². The SMILES string of the molecule is O=C(O)C1CC[NH+](CC2=NC3CCCCC3N2)CC1. The van der Waals surface area contributed by atoms with Gasteiger partial charge in [0.15, 0.2) is 5.84 Å². The number of carboxylic acids is 1. The van der Waals surface area contributed by atoms with Gasteiger partial charge in [-0.3, -0.25) is 9.79 Å². The first kappa shape index (κ1) is 12.9. The Morgan fingerprint density at radius 3 is 2.68 bits per heavy atom. The first-order valence-corrected chi connectivity index (χ1v) is 7.62. The first-order valence-electron chi connectivity index (χ1n) is 7.62. The van der Waals surface area contributed by atoms with Crippen molar-refractivity contribution in [1.82, 2.24) is 5.32 Å². The molecule has 0 aromatic rings. The summed E-state index contributed by atoms with van der Waals surface area (Å²) in [5.41, 5.74) is 0. The molecule has 5 nitrogen and oxygen atoms in total. The highest BCUT2D eigenvalue weighted by Crippen LogP contribution is 2.24. The molecule has 2 aliphatic heterocycles. The van der Waals surface area contributed by atoms with Gasteiger partial charge in [0.05, 0.1) is 25.0 Å². The van der Waals surface area contributed by atoms with E-state index >= 15 is 0 Å². The van der Waals surface area contributed by atoms with Gasteiger partial charge in [-0.05, 0) is 12.8 Å². The third kappa shape index (κ3) is 2.91. The molecule has 3 rings (SSSR count). The molecule has 0 amide bonds. The number of hydrogen-bond acceptors (Lipinski definition) is 3. The molecular formula is C14H24N3O2+. The van der Waals surface area contributed by atoms with Crippen molar-refractivity contribution in [2.75, 3.05) is 19.6 Å². The normalized spacial score (nSPS) is 38.2. The number of nitrogens with one attached hydrogen (secondary N) is 2. The molecule has 2 atom stereocenters. The Morgan fingerprint density at radius 1 is 1.26 bits per heavy atom. The average molecular weight is 266 g/mol. The van der Waals surface area contributed by atoms with E-state index in [0.29, 0.717) is 12.1 Å². The van der Waals surface area contributed by atoms with Crippen LogP contribution < -0.4 is 10.2 Å².